The first-order valence-electron chi connectivity index (χ1n) is 4.41. The van der Waals surface area contributed by atoms with Gasteiger partial charge in [-0.3, -0.25) is 0 Å². The third kappa shape index (κ3) is 2.69. The van der Waals surface area contributed by atoms with Crippen molar-refractivity contribution < 1.29 is 9.50 Å². The van der Waals surface area contributed by atoms with Crippen LogP contribution in [0.3, 0.4) is 0 Å². The van der Waals surface area contributed by atoms with Gasteiger partial charge in [0.15, 0.2) is 11.6 Å². The zero-order valence-electron chi connectivity index (χ0n) is 7.93. The standard InChI is InChI=1S/C10H13BrFNO/c1-6(5-13)2-7-3-8(11)4-9(12)10(7)14/h3-4,6,14H,2,5,13H2,1H3. The lowest BCUT2D eigenvalue weighted by Crippen LogP contribution is -2.13. The van der Waals surface area contributed by atoms with Crippen LogP contribution in [0.15, 0.2) is 16.6 Å². The van der Waals surface area contributed by atoms with Gasteiger partial charge in [-0.1, -0.05) is 22.9 Å². The number of hydrogen-bond donors (Lipinski definition) is 2. The minimum Gasteiger partial charge on any atom is -0.505 e. The molecule has 78 valence electrons. The summed E-state index contributed by atoms with van der Waals surface area (Å²) in [5.74, 6) is -0.637. The van der Waals surface area contributed by atoms with E-state index in [1.165, 1.54) is 6.07 Å². The summed E-state index contributed by atoms with van der Waals surface area (Å²) >= 11 is 3.18. The van der Waals surface area contributed by atoms with E-state index in [-0.39, 0.29) is 11.7 Å². The Morgan fingerprint density at radius 1 is 1.57 bits per heavy atom. The van der Waals surface area contributed by atoms with E-state index in [9.17, 15) is 9.50 Å². The smallest absolute Gasteiger partial charge is 0.166 e. The predicted molar refractivity (Wildman–Crippen MR) is 57.7 cm³/mol. The number of phenolic OH excluding ortho intramolecular Hbond substituents is 1. The number of benzene rings is 1. The highest BCUT2D eigenvalue weighted by Crippen LogP contribution is 2.27. The number of aromatic hydroxyl groups is 1. The van der Waals surface area contributed by atoms with Gasteiger partial charge >= 0.3 is 0 Å². The van der Waals surface area contributed by atoms with Crippen LogP contribution >= 0.6 is 15.9 Å². The first-order valence-corrected chi connectivity index (χ1v) is 5.20. The molecule has 14 heavy (non-hydrogen) atoms. The monoisotopic (exact) mass is 261 g/mol. The van der Waals surface area contributed by atoms with Crippen LogP contribution in [-0.4, -0.2) is 11.7 Å². The number of nitrogens with two attached hydrogens (primary N) is 1. The van der Waals surface area contributed by atoms with E-state index in [0.29, 0.717) is 23.0 Å². The van der Waals surface area contributed by atoms with Gasteiger partial charge in [0.25, 0.3) is 0 Å². The van der Waals surface area contributed by atoms with Crippen LogP contribution < -0.4 is 5.73 Å². The summed E-state index contributed by atoms with van der Waals surface area (Å²) in [7, 11) is 0. The van der Waals surface area contributed by atoms with Crippen molar-refractivity contribution in [2.75, 3.05) is 6.54 Å². The van der Waals surface area contributed by atoms with Crippen molar-refractivity contribution in [3.8, 4) is 5.75 Å². The second-order valence-corrected chi connectivity index (χ2v) is 4.36. The molecule has 0 heterocycles. The molecule has 1 rings (SSSR count). The normalized spacial score (nSPS) is 12.9. The van der Waals surface area contributed by atoms with Crippen LogP contribution in [0, 0.1) is 11.7 Å². The largest absolute Gasteiger partial charge is 0.505 e. The summed E-state index contributed by atoms with van der Waals surface area (Å²) in [6, 6.07) is 2.95. The summed E-state index contributed by atoms with van der Waals surface area (Å²) < 4.78 is 13.7. The Bertz CT molecular complexity index is 330. The van der Waals surface area contributed by atoms with Crippen molar-refractivity contribution in [2.45, 2.75) is 13.3 Å². The Balaban J connectivity index is 2.96. The van der Waals surface area contributed by atoms with Crippen molar-refractivity contribution in [1.82, 2.24) is 0 Å². The highest BCUT2D eigenvalue weighted by Gasteiger charge is 2.11. The molecule has 0 aromatic heterocycles. The van der Waals surface area contributed by atoms with Crippen LogP contribution in [0.25, 0.3) is 0 Å². The SMILES string of the molecule is CC(CN)Cc1cc(Br)cc(F)c1O. The lowest BCUT2D eigenvalue weighted by molar-refractivity contribution is 0.420. The first kappa shape index (κ1) is 11.5. The lowest BCUT2D eigenvalue weighted by atomic mass is 10.0. The molecule has 4 heteroatoms. The molecule has 3 N–H and O–H groups in total. The van der Waals surface area contributed by atoms with Crippen LogP contribution in [-0.2, 0) is 6.42 Å². The second-order valence-electron chi connectivity index (χ2n) is 3.44. The summed E-state index contributed by atoms with van der Waals surface area (Å²) in [4.78, 5) is 0. The summed E-state index contributed by atoms with van der Waals surface area (Å²) in [6.07, 6.45) is 0.582. The molecule has 2 nitrogen and oxygen atoms in total. The van der Waals surface area contributed by atoms with E-state index in [4.69, 9.17) is 5.73 Å². The summed E-state index contributed by atoms with van der Waals surface area (Å²) in [6.45, 7) is 2.48. The number of halogens is 2. The maximum absolute atomic E-state index is 13.1. The molecular weight excluding hydrogens is 249 g/mol. The molecule has 1 aromatic carbocycles. The number of phenols is 1. The third-order valence-corrected chi connectivity index (χ3v) is 2.54. The molecule has 0 radical (unpaired) electrons. The van der Waals surface area contributed by atoms with Gasteiger partial charge in [0.05, 0.1) is 0 Å². The van der Waals surface area contributed by atoms with Crippen LogP contribution in [0.4, 0.5) is 4.39 Å². The van der Waals surface area contributed by atoms with Crippen molar-refractivity contribution in [3.63, 3.8) is 0 Å². The summed E-state index contributed by atoms with van der Waals surface area (Å²) in [5.41, 5.74) is 6.05. The minimum atomic E-state index is -0.599. The predicted octanol–water partition coefficient (Wildman–Crippen LogP) is 2.43. The molecule has 0 bridgehead atoms. The molecule has 0 aliphatic carbocycles. The van der Waals surface area contributed by atoms with E-state index >= 15 is 0 Å². The van der Waals surface area contributed by atoms with E-state index < -0.39 is 5.82 Å². The molecule has 0 aliphatic heterocycles. The highest BCUT2D eigenvalue weighted by atomic mass is 79.9. The Morgan fingerprint density at radius 2 is 2.21 bits per heavy atom. The Hall–Kier alpha value is -0.610. The highest BCUT2D eigenvalue weighted by molar-refractivity contribution is 9.10. The van der Waals surface area contributed by atoms with Gasteiger partial charge in [0, 0.05) is 4.47 Å². The molecule has 1 atom stereocenters. The van der Waals surface area contributed by atoms with E-state index in [2.05, 4.69) is 15.9 Å². The van der Waals surface area contributed by atoms with Gasteiger partial charge in [-0.05, 0) is 36.6 Å². The van der Waals surface area contributed by atoms with Crippen LogP contribution in [0.2, 0.25) is 0 Å². The fourth-order valence-electron chi connectivity index (χ4n) is 1.23. The molecule has 0 aliphatic rings. The Morgan fingerprint density at radius 3 is 2.79 bits per heavy atom. The fraction of sp³-hybridized carbons (Fsp3) is 0.400. The number of rotatable bonds is 3. The van der Waals surface area contributed by atoms with Gasteiger partial charge in [-0.25, -0.2) is 4.39 Å². The topological polar surface area (TPSA) is 46.2 Å². The van der Waals surface area contributed by atoms with Gasteiger partial charge in [0.1, 0.15) is 0 Å². The van der Waals surface area contributed by atoms with Gasteiger partial charge < -0.3 is 10.8 Å². The van der Waals surface area contributed by atoms with Crippen LogP contribution in [0.5, 0.6) is 5.75 Å². The lowest BCUT2D eigenvalue weighted by Gasteiger charge is -2.10. The first-order chi connectivity index (χ1) is 6.54. The molecule has 1 aromatic rings. The zero-order valence-corrected chi connectivity index (χ0v) is 9.51. The maximum Gasteiger partial charge on any atom is 0.166 e. The van der Waals surface area contributed by atoms with Crippen molar-refractivity contribution in [2.24, 2.45) is 11.7 Å². The quantitative estimate of drug-likeness (QED) is 0.878. The van der Waals surface area contributed by atoms with Gasteiger partial charge in [0.2, 0.25) is 0 Å². The number of hydrogen-bond acceptors (Lipinski definition) is 2. The zero-order chi connectivity index (χ0) is 10.7. The van der Waals surface area contributed by atoms with E-state index in [1.807, 2.05) is 6.92 Å². The molecule has 0 saturated carbocycles. The minimum absolute atomic E-state index is 0.231. The van der Waals surface area contributed by atoms with Crippen molar-refractivity contribution in [1.29, 1.82) is 0 Å². The Kier molecular flexibility index (Phi) is 3.89. The van der Waals surface area contributed by atoms with Crippen molar-refractivity contribution >= 4 is 15.9 Å². The molecule has 0 spiro atoms. The van der Waals surface area contributed by atoms with Gasteiger partial charge in [-0.15, -0.1) is 0 Å². The average Bonchev–Trinajstić information content (AvgIpc) is 2.13. The van der Waals surface area contributed by atoms with E-state index in [0.717, 1.165) is 0 Å². The average molecular weight is 262 g/mol. The van der Waals surface area contributed by atoms with Crippen LogP contribution in [0.1, 0.15) is 12.5 Å². The third-order valence-electron chi connectivity index (χ3n) is 2.08. The molecule has 1 unspecified atom stereocenters. The fourth-order valence-corrected chi connectivity index (χ4v) is 1.71. The molecule has 0 saturated heterocycles. The Labute approximate surface area is 91.1 Å². The summed E-state index contributed by atoms with van der Waals surface area (Å²) in [5, 5.41) is 9.43. The van der Waals surface area contributed by atoms with Crippen molar-refractivity contribution in [3.05, 3.63) is 28.0 Å². The molecular formula is C10H13BrFNO. The maximum atomic E-state index is 13.1. The second kappa shape index (κ2) is 4.75. The van der Waals surface area contributed by atoms with Gasteiger partial charge in [-0.2, -0.15) is 0 Å². The van der Waals surface area contributed by atoms with E-state index in [1.54, 1.807) is 6.07 Å². The molecule has 0 fully saturated rings. The molecule has 0 amide bonds.